The van der Waals surface area contributed by atoms with E-state index in [-0.39, 0.29) is 30.2 Å². The molecule has 3 saturated heterocycles. The molecule has 194 valence electrons. The maximum Gasteiger partial charge on any atom is 0.410 e. The highest BCUT2D eigenvalue weighted by Gasteiger charge is 2.39. The molecular formula is C26H35N5O5. The SMILES string of the molecule is CC(C)(C)OC(=O)N1CCC(N2CCN(c3ccc4c(c3)CN(C3CCC(=O)NC3=O)C4=O)CC2)C1. The molecule has 5 rings (SSSR count). The number of rotatable bonds is 3. The molecule has 36 heavy (non-hydrogen) atoms. The first-order valence-corrected chi connectivity index (χ1v) is 12.8. The summed E-state index contributed by atoms with van der Waals surface area (Å²) in [7, 11) is 0. The Hall–Kier alpha value is -3.14. The number of amides is 4. The van der Waals surface area contributed by atoms with Crippen molar-refractivity contribution in [2.24, 2.45) is 0 Å². The second-order valence-corrected chi connectivity index (χ2v) is 11.1. The van der Waals surface area contributed by atoms with Crippen LogP contribution in [-0.2, 0) is 20.9 Å². The van der Waals surface area contributed by atoms with Crippen LogP contribution in [0.3, 0.4) is 0 Å². The van der Waals surface area contributed by atoms with Crippen LogP contribution in [0.5, 0.6) is 0 Å². The largest absolute Gasteiger partial charge is 0.444 e. The summed E-state index contributed by atoms with van der Waals surface area (Å²) < 4.78 is 5.53. The van der Waals surface area contributed by atoms with Crippen LogP contribution in [0.15, 0.2) is 18.2 Å². The molecule has 4 aliphatic heterocycles. The summed E-state index contributed by atoms with van der Waals surface area (Å²) in [5, 5.41) is 2.35. The van der Waals surface area contributed by atoms with Crippen LogP contribution in [0.2, 0.25) is 0 Å². The second kappa shape index (κ2) is 9.38. The molecule has 2 atom stereocenters. The van der Waals surface area contributed by atoms with E-state index in [1.165, 1.54) is 0 Å². The van der Waals surface area contributed by atoms with Gasteiger partial charge in [-0.1, -0.05) is 0 Å². The molecule has 0 aliphatic carbocycles. The Labute approximate surface area is 211 Å². The van der Waals surface area contributed by atoms with Crippen molar-refractivity contribution in [1.29, 1.82) is 0 Å². The number of imide groups is 1. The van der Waals surface area contributed by atoms with Gasteiger partial charge < -0.3 is 19.4 Å². The lowest BCUT2D eigenvalue weighted by Gasteiger charge is -2.39. The molecular weight excluding hydrogens is 462 g/mol. The van der Waals surface area contributed by atoms with Crippen molar-refractivity contribution in [3.05, 3.63) is 29.3 Å². The maximum atomic E-state index is 13.0. The van der Waals surface area contributed by atoms with Crippen molar-refractivity contribution in [1.82, 2.24) is 20.0 Å². The van der Waals surface area contributed by atoms with Gasteiger partial charge in [-0.3, -0.25) is 24.6 Å². The summed E-state index contributed by atoms with van der Waals surface area (Å²) in [5.74, 6) is -0.815. The summed E-state index contributed by atoms with van der Waals surface area (Å²) >= 11 is 0. The van der Waals surface area contributed by atoms with Gasteiger partial charge in [-0.15, -0.1) is 0 Å². The second-order valence-electron chi connectivity index (χ2n) is 11.1. The molecule has 2 unspecified atom stereocenters. The van der Waals surface area contributed by atoms with Crippen molar-refractivity contribution >= 4 is 29.5 Å². The first kappa shape index (κ1) is 24.5. The van der Waals surface area contributed by atoms with Crippen LogP contribution < -0.4 is 10.2 Å². The molecule has 0 saturated carbocycles. The van der Waals surface area contributed by atoms with E-state index in [4.69, 9.17) is 4.74 Å². The number of carbonyl (C=O) groups is 4. The van der Waals surface area contributed by atoms with E-state index in [9.17, 15) is 19.2 Å². The third-order valence-electron chi connectivity index (χ3n) is 7.52. The van der Waals surface area contributed by atoms with E-state index < -0.39 is 11.6 Å². The molecule has 4 aliphatic rings. The topological polar surface area (TPSA) is 102 Å². The Morgan fingerprint density at radius 2 is 1.78 bits per heavy atom. The average Bonchev–Trinajstić information content (AvgIpc) is 3.44. The molecule has 3 fully saturated rings. The Morgan fingerprint density at radius 1 is 1.03 bits per heavy atom. The van der Waals surface area contributed by atoms with Crippen molar-refractivity contribution in [2.75, 3.05) is 44.2 Å². The van der Waals surface area contributed by atoms with Crippen molar-refractivity contribution in [3.8, 4) is 0 Å². The lowest BCUT2D eigenvalue weighted by Crippen LogP contribution is -2.52. The first-order valence-electron chi connectivity index (χ1n) is 12.8. The zero-order valence-corrected chi connectivity index (χ0v) is 21.3. The van der Waals surface area contributed by atoms with Gasteiger partial charge in [-0.05, 0) is 57.4 Å². The fourth-order valence-electron chi connectivity index (χ4n) is 5.63. The van der Waals surface area contributed by atoms with Gasteiger partial charge in [0, 0.05) is 69.5 Å². The summed E-state index contributed by atoms with van der Waals surface area (Å²) in [6.45, 7) is 11.0. The minimum Gasteiger partial charge on any atom is -0.444 e. The Bertz CT molecular complexity index is 1070. The average molecular weight is 498 g/mol. The predicted molar refractivity (Wildman–Crippen MR) is 132 cm³/mol. The zero-order chi connectivity index (χ0) is 25.6. The summed E-state index contributed by atoms with van der Waals surface area (Å²) in [6, 6.07) is 5.66. The molecule has 4 amide bonds. The number of piperazine rings is 1. The molecule has 4 heterocycles. The number of hydrogen-bond acceptors (Lipinski definition) is 7. The highest BCUT2D eigenvalue weighted by molar-refractivity contribution is 6.05. The Morgan fingerprint density at radius 3 is 2.47 bits per heavy atom. The highest BCUT2D eigenvalue weighted by atomic mass is 16.6. The molecule has 1 N–H and O–H groups in total. The van der Waals surface area contributed by atoms with Gasteiger partial charge in [0.25, 0.3) is 5.91 Å². The molecule has 0 spiro atoms. The van der Waals surface area contributed by atoms with Crippen molar-refractivity contribution in [3.63, 3.8) is 0 Å². The van der Waals surface area contributed by atoms with Gasteiger partial charge in [0.1, 0.15) is 11.6 Å². The van der Waals surface area contributed by atoms with Crippen molar-refractivity contribution in [2.45, 2.75) is 64.3 Å². The van der Waals surface area contributed by atoms with E-state index in [2.05, 4.69) is 21.2 Å². The number of nitrogens with one attached hydrogen (secondary N) is 1. The van der Waals surface area contributed by atoms with Gasteiger partial charge in [0.15, 0.2) is 0 Å². The molecule has 0 radical (unpaired) electrons. The van der Waals surface area contributed by atoms with Gasteiger partial charge in [-0.25, -0.2) is 4.79 Å². The maximum absolute atomic E-state index is 13.0. The van der Waals surface area contributed by atoms with Gasteiger partial charge in [0.05, 0.1) is 0 Å². The summed E-state index contributed by atoms with van der Waals surface area (Å²) in [5.41, 5.74) is 2.15. The standard InChI is InChI=1S/C26H35N5O5/c1-26(2,3)36-25(35)30-9-8-19(16-30)29-12-10-28(11-13-29)18-4-5-20-17(14-18)15-31(24(20)34)21-6-7-22(32)27-23(21)33/h4-5,14,19,21H,6-13,15-16H2,1-3H3,(H,27,32,33). The van der Waals surface area contributed by atoms with E-state index in [1.54, 1.807) is 4.90 Å². The normalized spacial score (nSPS) is 25.3. The third kappa shape index (κ3) is 4.91. The number of fused-ring (bicyclic) bond motifs is 1. The molecule has 10 nitrogen and oxygen atoms in total. The van der Waals surface area contributed by atoms with Crippen LogP contribution in [-0.4, -0.2) is 95.5 Å². The first-order chi connectivity index (χ1) is 17.1. The monoisotopic (exact) mass is 497 g/mol. The molecule has 1 aromatic carbocycles. The molecule has 0 aromatic heterocycles. The van der Waals surface area contributed by atoms with E-state index >= 15 is 0 Å². The van der Waals surface area contributed by atoms with Gasteiger partial charge in [-0.2, -0.15) is 0 Å². The lowest BCUT2D eigenvalue weighted by atomic mass is 10.0. The van der Waals surface area contributed by atoms with E-state index in [1.807, 2.05) is 37.8 Å². The minimum absolute atomic E-state index is 0.147. The number of likely N-dealkylation sites (tertiary alicyclic amines) is 1. The zero-order valence-electron chi connectivity index (χ0n) is 21.3. The minimum atomic E-state index is -0.596. The quantitative estimate of drug-likeness (QED) is 0.633. The van der Waals surface area contributed by atoms with Crippen LogP contribution >= 0.6 is 0 Å². The molecule has 10 heteroatoms. The number of piperidine rings is 1. The smallest absolute Gasteiger partial charge is 0.410 e. The predicted octanol–water partition coefficient (Wildman–Crippen LogP) is 1.58. The van der Waals surface area contributed by atoms with Crippen LogP contribution in [0.25, 0.3) is 0 Å². The molecule has 0 bridgehead atoms. The summed E-state index contributed by atoms with van der Waals surface area (Å²) in [6.07, 6.45) is 1.34. The highest BCUT2D eigenvalue weighted by Crippen LogP contribution is 2.31. The Kier molecular flexibility index (Phi) is 6.40. The van der Waals surface area contributed by atoms with E-state index in [0.717, 1.165) is 50.4 Å². The number of hydrogen-bond donors (Lipinski definition) is 1. The number of benzene rings is 1. The Balaban J connectivity index is 1.17. The number of nitrogens with zero attached hydrogens (tertiary/aromatic N) is 4. The lowest BCUT2D eigenvalue weighted by molar-refractivity contribution is -0.136. The fraction of sp³-hybridized carbons (Fsp3) is 0.615. The van der Waals surface area contributed by atoms with Gasteiger partial charge in [0.2, 0.25) is 11.8 Å². The van der Waals surface area contributed by atoms with Crippen molar-refractivity contribution < 1.29 is 23.9 Å². The number of carbonyl (C=O) groups excluding carboxylic acids is 4. The van der Waals surface area contributed by atoms with Crippen LogP contribution in [0.1, 0.15) is 56.0 Å². The number of ether oxygens (including phenoxy) is 1. The van der Waals surface area contributed by atoms with Crippen LogP contribution in [0, 0.1) is 0 Å². The van der Waals surface area contributed by atoms with E-state index in [0.29, 0.717) is 31.1 Å². The molecule has 1 aromatic rings. The fourth-order valence-corrected chi connectivity index (χ4v) is 5.63. The van der Waals surface area contributed by atoms with Gasteiger partial charge >= 0.3 is 6.09 Å². The third-order valence-corrected chi connectivity index (χ3v) is 7.52. The van der Waals surface area contributed by atoms with Crippen LogP contribution in [0.4, 0.5) is 10.5 Å². The number of anilines is 1. The summed E-state index contributed by atoms with van der Waals surface area (Å²) in [4.78, 5) is 57.3.